The topological polar surface area (TPSA) is 52.6 Å². The summed E-state index contributed by atoms with van der Waals surface area (Å²) in [5.41, 5.74) is 0.790. The second-order valence-electron chi connectivity index (χ2n) is 5.32. The molecule has 0 aliphatic carbocycles. The van der Waals surface area contributed by atoms with Gasteiger partial charge in [-0.05, 0) is 26.0 Å². The van der Waals surface area contributed by atoms with Crippen LogP contribution < -0.4 is 0 Å². The Morgan fingerprint density at radius 2 is 1.90 bits per heavy atom. The van der Waals surface area contributed by atoms with Gasteiger partial charge in [-0.1, -0.05) is 25.5 Å². The van der Waals surface area contributed by atoms with Gasteiger partial charge in [0.05, 0.1) is 23.4 Å². The molecule has 0 bridgehead atoms. The third kappa shape index (κ3) is 2.75. The van der Waals surface area contributed by atoms with E-state index in [0.717, 1.165) is 18.4 Å². The van der Waals surface area contributed by atoms with Gasteiger partial charge in [-0.15, -0.1) is 0 Å². The highest BCUT2D eigenvalue weighted by atomic mass is 32.2. The van der Waals surface area contributed by atoms with E-state index in [4.69, 9.17) is 9.47 Å². The lowest BCUT2D eigenvalue weighted by Gasteiger charge is -2.28. The Morgan fingerprint density at radius 3 is 2.45 bits per heavy atom. The average molecular weight is 298 g/mol. The Hall–Kier alpha value is -0.910. The average Bonchev–Trinajstić information content (AvgIpc) is 2.89. The summed E-state index contributed by atoms with van der Waals surface area (Å²) < 4.78 is 36.1. The fraction of sp³-hybridized carbons (Fsp3) is 0.600. The lowest BCUT2D eigenvalue weighted by Crippen LogP contribution is -2.27. The molecule has 1 aliphatic heterocycles. The molecule has 20 heavy (non-hydrogen) atoms. The van der Waals surface area contributed by atoms with Crippen LogP contribution in [0.15, 0.2) is 29.2 Å². The summed E-state index contributed by atoms with van der Waals surface area (Å²) in [6.45, 7) is 6.52. The van der Waals surface area contributed by atoms with E-state index in [1.807, 2.05) is 6.07 Å². The van der Waals surface area contributed by atoms with Crippen LogP contribution in [0.25, 0.3) is 0 Å². The van der Waals surface area contributed by atoms with Crippen LogP contribution in [0.2, 0.25) is 0 Å². The highest BCUT2D eigenvalue weighted by Gasteiger charge is 2.38. The highest BCUT2D eigenvalue weighted by Crippen LogP contribution is 2.37. The fourth-order valence-corrected chi connectivity index (χ4v) is 3.53. The van der Waals surface area contributed by atoms with E-state index in [-0.39, 0.29) is 0 Å². The first-order chi connectivity index (χ1) is 9.42. The SMILES string of the molecule is CCCC1(c2cccc(S(=O)(=O)C(C)C)c2)OCCO1. The van der Waals surface area contributed by atoms with Crippen molar-refractivity contribution in [1.29, 1.82) is 0 Å². The number of sulfone groups is 1. The second-order valence-corrected chi connectivity index (χ2v) is 7.83. The molecule has 0 radical (unpaired) electrons. The molecule has 1 fully saturated rings. The fourth-order valence-electron chi connectivity index (χ4n) is 2.42. The van der Waals surface area contributed by atoms with Crippen LogP contribution >= 0.6 is 0 Å². The minimum Gasteiger partial charge on any atom is -0.343 e. The zero-order valence-electron chi connectivity index (χ0n) is 12.3. The zero-order chi connectivity index (χ0) is 14.8. The normalized spacial score (nSPS) is 18.6. The molecule has 0 unspecified atom stereocenters. The number of benzene rings is 1. The Kier molecular flexibility index (Phi) is 4.52. The van der Waals surface area contributed by atoms with Crippen LogP contribution in [0.4, 0.5) is 0 Å². The van der Waals surface area contributed by atoms with E-state index in [1.165, 1.54) is 0 Å². The van der Waals surface area contributed by atoms with Crippen molar-refractivity contribution in [3.63, 3.8) is 0 Å². The summed E-state index contributed by atoms with van der Waals surface area (Å²) in [4.78, 5) is 0.333. The smallest absolute Gasteiger partial charge is 0.195 e. The summed E-state index contributed by atoms with van der Waals surface area (Å²) in [5.74, 6) is -0.780. The third-order valence-electron chi connectivity index (χ3n) is 3.56. The van der Waals surface area contributed by atoms with Crippen LogP contribution in [0.5, 0.6) is 0 Å². The lowest BCUT2D eigenvalue weighted by molar-refractivity contribution is -0.171. The third-order valence-corrected chi connectivity index (χ3v) is 5.71. The van der Waals surface area contributed by atoms with Crippen molar-refractivity contribution in [2.75, 3.05) is 13.2 Å². The molecule has 0 spiro atoms. The van der Waals surface area contributed by atoms with Crippen LogP contribution in [-0.4, -0.2) is 26.9 Å². The first-order valence-electron chi connectivity index (χ1n) is 7.05. The van der Waals surface area contributed by atoms with Gasteiger partial charge in [0.25, 0.3) is 0 Å². The van der Waals surface area contributed by atoms with Crippen LogP contribution in [-0.2, 0) is 25.1 Å². The predicted octanol–water partition coefficient (Wildman–Crippen LogP) is 2.87. The molecule has 0 N–H and O–H groups in total. The standard InChI is InChI=1S/C15H22O4S/c1-4-8-15(18-9-10-19-15)13-6-5-7-14(11-13)20(16,17)12(2)3/h5-7,11-12H,4,8-10H2,1-3H3. The zero-order valence-corrected chi connectivity index (χ0v) is 13.1. The van der Waals surface area contributed by atoms with Gasteiger partial charge in [0.1, 0.15) is 0 Å². The molecule has 1 saturated heterocycles. The van der Waals surface area contributed by atoms with Crippen molar-refractivity contribution in [2.45, 2.75) is 49.5 Å². The molecule has 2 rings (SSSR count). The first-order valence-corrected chi connectivity index (χ1v) is 8.59. The lowest BCUT2D eigenvalue weighted by atomic mass is 10.0. The molecular formula is C15H22O4S. The minimum absolute atomic E-state index is 0.333. The van der Waals surface area contributed by atoms with Gasteiger partial charge >= 0.3 is 0 Å². The number of rotatable bonds is 5. The number of ether oxygens (including phenoxy) is 2. The minimum atomic E-state index is -3.28. The molecule has 1 aromatic carbocycles. The monoisotopic (exact) mass is 298 g/mol. The van der Waals surface area contributed by atoms with Crippen LogP contribution in [0.1, 0.15) is 39.2 Å². The van der Waals surface area contributed by atoms with Gasteiger partial charge in [-0.2, -0.15) is 0 Å². The van der Waals surface area contributed by atoms with Crippen molar-refractivity contribution in [2.24, 2.45) is 0 Å². The van der Waals surface area contributed by atoms with E-state index < -0.39 is 20.9 Å². The van der Waals surface area contributed by atoms with Crippen molar-refractivity contribution >= 4 is 9.84 Å². The summed E-state index contributed by atoms with van der Waals surface area (Å²) in [7, 11) is -3.28. The predicted molar refractivity (Wildman–Crippen MR) is 77.3 cm³/mol. The number of hydrogen-bond donors (Lipinski definition) is 0. The molecule has 5 heteroatoms. The Labute approximate surface area is 121 Å². The van der Waals surface area contributed by atoms with Crippen molar-refractivity contribution < 1.29 is 17.9 Å². The summed E-state index contributed by atoms with van der Waals surface area (Å²) >= 11 is 0. The van der Waals surface area contributed by atoms with Crippen LogP contribution in [0.3, 0.4) is 0 Å². The summed E-state index contributed by atoms with van der Waals surface area (Å²) in [6.07, 6.45) is 1.62. The largest absolute Gasteiger partial charge is 0.343 e. The Morgan fingerprint density at radius 1 is 1.25 bits per heavy atom. The highest BCUT2D eigenvalue weighted by molar-refractivity contribution is 7.92. The molecular weight excluding hydrogens is 276 g/mol. The van der Waals surface area contributed by atoms with Crippen molar-refractivity contribution in [3.05, 3.63) is 29.8 Å². The van der Waals surface area contributed by atoms with Crippen molar-refractivity contribution in [3.8, 4) is 0 Å². The van der Waals surface area contributed by atoms with E-state index in [2.05, 4.69) is 6.92 Å². The molecule has 1 heterocycles. The van der Waals surface area contributed by atoms with E-state index in [1.54, 1.807) is 32.0 Å². The molecule has 4 nitrogen and oxygen atoms in total. The molecule has 0 aromatic heterocycles. The second kappa shape index (κ2) is 5.84. The van der Waals surface area contributed by atoms with Gasteiger partial charge in [0.2, 0.25) is 0 Å². The van der Waals surface area contributed by atoms with Gasteiger partial charge in [0.15, 0.2) is 15.6 Å². The van der Waals surface area contributed by atoms with Crippen molar-refractivity contribution in [1.82, 2.24) is 0 Å². The molecule has 0 atom stereocenters. The van der Waals surface area contributed by atoms with Gasteiger partial charge in [-0.3, -0.25) is 0 Å². The maximum absolute atomic E-state index is 12.3. The van der Waals surface area contributed by atoms with Crippen LogP contribution in [0, 0.1) is 0 Å². The van der Waals surface area contributed by atoms with E-state index in [9.17, 15) is 8.42 Å². The molecule has 0 amide bonds. The van der Waals surface area contributed by atoms with E-state index in [0.29, 0.717) is 18.1 Å². The summed E-state index contributed by atoms with van der Waals surface area (Å²) in [5, 5.41) is -0.440. The Bertz CT molecular complexity index is 557. The maximum atomic E-state index is 12.3. The molecule has 112 valence electrons. The maximum Gasteiger partial charge on any atom is 0.195 e. The van der Waals surface area contributed by atoms with Gasteiger partial charge in [-0.25, -0.2) is 8.42 Å². The molecule has 0 saturated carbocycles. The Balaban J connectivity index is 2.44. The number of hydrogen-bond acceptors (Lipinski definition) is 4. The first kappa shape index (κ1) is 15.5. The molecule has 1 aliphatic rings. The van der Waals surface area contributed by atoms with Gasteiger partial charge < -0.3 is 9.47 Å². The van der Waals surface area contributed by atoms with Gasteiger partial charge in [0, 0.05) is 12.0 Å². The quantitative estimate of drug-likeness (QED) is 0.839. The molecule has 1 aromatic rings. The summed E-state index contributed by atoms with van der Waals surface area (Å²) in [6, 6.07) is 6.96. The van der Waals surface area contributed by atoms with E-state index >= 15 is 0 Å².